The van der Waals surface area contributed by atoms with Gasteiger partial charge in [0.1, 0.15) is 5.75 Å². The molecule has 0 saturated carbocycles. The van der Waals surface area contributed by atoms with Crippen LogP contribution in [0.4, 0.5) is 0 Å². The van der Waals surface area contributed by atoms with Crippen molar-refractivity contribution in [2.45, 2.75) is 64.8 Å². The number of carbonyl (C=O) groups excluding carboxylic acids is 2. The number of nitrogens with zero attached hydrogens (tertiary/aromatic N) is 3. The molecule has 1 saturated heterocycles. The smallest absolute Gasteiger partial charge is 0.226 e. The van der Waals surface area contributed by atoms with E-state index in [1.807, 2.05) is 29.2 Å². The molecule has 1 fully saturated rings. The molecule has 2 heterocycles. The molecule has 0 radical (unpaired) electrons. The van der Waals surface area contributed by atoms with E-state index in [4.69, 9.17) is 9.26 Å². The summed E-state index contributed by atoms with van der Waals surface area (Å²) in [6.45, 7) is 5.36. The molecule has 2 amide bonds. The average molecular weight is 443 g/mol. The second-order valence-corrected chi connectivity index (χ2v) is 8.41. The van der Waals surface area contributed by atoms with Crippen LogP contribution < -0.4 is 10.1 Å². The lowest BCUT2D eigenvalue weighted by molar-refractivity contribution is -0.138. The Hall–Kier alpha value is -2.90. The Bertz CT molecular complexity index is 880. The molecule has 2 aromatic rings. The van der Waals surface area contributed by atoms with Crippen LogP contribution in [0.15, 0.2) is 28.8 Å². The monoisotopic (exact) mass is 442 g/mol. The van der Waals surface area contributed by atoms with Gasteiger partial charge < -0.3 is 19.5 Å². The predicted octanol–water partition coefficient (Wildman–Crippen LogP) is 3.61. The summed E-state index contributed by atoms with van der Waals surface area (Å²) in [5, 5.41) is 7.04. The number of rotatable bonds is 10. The van der Waals surface area contributed by atoms with Gasteiger partial charge in [-0.05, 0) is 56.9 Å². The minimum atomic E-state index is -0.116. The van der Waals surface area contributed by atoms with E-state index in [1.165, 1.54) is 0 Å². The van der Waals surface area contributed by atoms with E-state index >= 15 is 0 Å². The summed E-state index contributed by atoms with van der Waals surface area (Å²) in [6.07, 6.45) is 5.28. The quantitative estimate of drug-likeness (QED) is 0.565. The van der Waals surface area contributed by atoms with E-state index in [9.17, 15) is 9.59 Å². The highest BCUT2D eigenvalue weighted by Gasteiger charge is 2.32. The molecular formula is C24H34N4O4. The van der Waals surface area contributed by atoms with Gasteiger partial charge in [0.15, 0.2) is 0 Å². The van der Waals surface area contributed by atoms with Gasteiger partial charge in [-0.3, -0.25) is 9.59 Å². The van der Waals surface area contributed by atoms with Crippen LogP contribution in [-0.4, -0.2) is 53.1 Å². The third kappa shape index (κ3) is 6.31. The number of ether oxygens (including phenoxy) is 1. The van der Waals surface area contributed by atoms with Gasteiger partial charge in [-0.1, -0.05) is 18.5 Å². The maximum Gasteiger partial charge on any atom is 0.226 e. The number of methoxy groups -OCH3 is 1. The lowest BCUT2D eigenvalue weighted by Gasteiger charge is -2.37. The summed E-state index contributed by atoms with van der Waals surface area (Å²) in [4.78, 5) is 31.5. The van der Waals surface area contributed by atoms with E-state index in [1.54, 1.807) is 7.11 Å². The van der Waals surface area contributed by atoms with E-state index < -0.39 is 0 Å². The van der Waals surface area contributed by atoms with Crippen LogP contribution in [0.3, 0.4) is 0 Å². The number of aryl methyl sites for hydroxylation is 1. The third-order valence-electron chi connectivity index (χ3n) is 6.00. The lowest BCUT2D eigenvalue weighted by Crippen LogP contribution is -2.49. The number of aromatic nitrogens is 2. The molecular weight excluding hydrogens is 408 g/mol. The Morgan fingerprint density at radius 2 is 2.00 bits per heavy atom. The number of piperidine rings is 1. The van der Waals surface area contributed by atoms with Crippen LogP contribution >= 0.6 is 0 Å². The Balaban J connectivity index is 1.47. The van der Waals surface area contributed by atoms with E-state index in [0.29, 0.717) is 44.1 Å². The van der Waals surface area contributed by atoms with Crippen LogP contribution in [0.25, 0.3) is 11.4 Å². The number of hydrogen-bond acceptors (Lipinski definition) is 6. The number of carbonyl (C=O) groups is 2. The molecule has 0 aliphatic carbocycles. The molecule has 1 aromatic carbocycles. The first kappa shape index (κ1) is 23.8. The van der Waals surface area contributed by atoms with Crippen molar-refractivity contribution in [3.63, 3.8) is 0 Å². The van der Waals surface area contributed by atoms with Crippen molar-refractivity contribution in [1.82, 2.24) is 20.4 Å². The topological polar surface area (TPSA) is 97.6 Å². The fraction of sp³-hybridized carbons (Fsp3) is 0.583. The van der Waals surface area contributed by atoms with Crippen LogP contribution in [0, 0.1) is 5.92 Å². The molecule has 3 rings (SSSR count). The van der Waals surface area contributed by atoms with Gasteiger partial charge >= 0.3 is 0 Å². The van der Waals surface area contributed by atoms with Crippen molar-refractivity contribution in [3.05, 3.63) is 30.2 Å². The van der Waals surface area contributed by atoms with E-state index in [-0.39, 0.29) is 23.8 Å². The van der Waals surface area contributed by atoms with Crippen molar-refractivity contribution in [2.24, 2.45) is 5.92 Å². The van der Waals surface area contributed by atoms with Crippen LogP contribution in [0.1, 0.15) is 58.3 Å². The number of benzene rings is 1. The fourth-order valence-electron chi connectivity index (χ4n) is 3.95. The second kappa shape index (κ2) is 11.6. The Labute approximate surface area is 189 Å². The first-order chi connectivity index (χ1) is 15.5. The molecule has 8 heteroatoms. The molecule has 32 heavy (non-hydrogen) atoms. The zero-order valence-electron chi connectivity index (χ0n) is 19.3. The Morgan fingerprint density at radius 3 is 2.72 bits per heavy atom. The Morgan fingerprint density at radius 1 is 1.22 bits per heavy atom. The summed E-state index contributed by atoms with van der Waals surface area (Å²) in [7, 11) is 1.62. The number of amides is 2. The molecule has 1 N–H and O–H groups in total. The van der Waals surface area contributed by atoms with Gasteiger partial charge in [0.2, 0.25) is 23.5 Å². The van der Waals surface area contributed by atoms with E-state index in [0.717, 1.165) is 37.0 Å². The van der Waals surface area contributed by atoms with Crippen LogP contribution in [-0.2, 0) is 16.0 Å². The summed E-state index contributed by atoms with van der Waals surface area (Å²) < 4.78 is 10.5. The van der Waals surface area contributed by atoms with Crippen molar-refractivity contribution in [3.8, 4) is 17.1 Å². The largest absolute Gasteiger partial charge is 0.497 e. The molecule has 174 valence electrons. The first-order valence-electron chi connectivity index (χ1n) is 11.6. The molecule has 0 spiro atoms. The summed E-state index contributed by atoms with van der Waals surface area (Å²) in [5.74, 6) is 1.84. The number of likely N-dealkylation sites (tertiary alicyclic amines) is 1. The normalized spacial score (nSPS) is 18.4. The van der Waals surface area contributed by atoms with Gasteiger partial charge in [-0.25, -0.2) is 0 Å². The SMILES string of the molecule is CCCCNC(=O)C1CCC(C)N(C(=O)CCCc2nc(-c3ccc(OC)cc3)no2)C1. The van der Waals surface area contributed by atoms with Crippen molar-refractivity contribution >= 4 is 11.8 Å². The minimum absolute atomic E-state index is 0.0695. The lowest BCUT2D eigenvalue weighted by atomic mass is 9.92. The molecule has 1 aliphatic rings. The van der Waals surface area contributed by atoms with Gasteiger partial charge in [-0.15, -0.1) is 0 Å². The molecule has 0 bridgehead atoms. The highest BCUT2D eigenvalue weighted by molar-refractivity contribution is 5.81. The fourth-order valence-corrected chi connectivity index (χ4v) is 3.95. The summed E-state index contributed by atoms with van der Waals surface area (Å²) in [5.41, 5.74) is 0.849. The second-order valence-electron chi connectivity index (χ2n) is 8.41. The summed E-state index contributed by atoms with van der Waals surface area (Å²) in [6, 6.07) is 7.61. The van der Waals surface area contributed by atoms with Crippen LogP contribution in [0.2, 0.25) is 0 Å². The molecule has 2 atom stereocenters. The van der Waals surface area contributed by atoms with Gasteiger partial charge in [0.25, 0.3) is 0 Å². The standard InChI is InChI=1S/C24H34N4O4/c1-4-5-15-25-24(30)19-10-9-17(2)28(16-19)22(29)8-6-7-21-26-23(27-32-21)18-11-13-20(31-3)14-12-18/h11-14,17,19H,4-10,15-16H2,1-3H3,(H,25,30). The molecule has 1 aliphatic heterocycles. The number of nitrogens with one attached hydrogen (secondary N) is 1. The molecule has 1 aromatic heterocycles. The first-order valence-corrected chi connectivity index (χ1v) is 11.6. The van der Waals surface area contributed by atoms with Crippen molar-refractivity contribution in [2.75, 3.05) is 20.2 Å². The van der Waals surface area contributed by atoms with Gasteiger partial charge in [0.05, 0.1) is 13.0 Å². The third-order valence-corrected chi connectivity index (χ3v) is 6.00. The minimum Gasteiger partial charge on any atom is -0.497 e. The number of hydrogen-bond donors (Lipinski definition) is 1. The van der Waals surface area contributed by atoms with Gasteiger partial charge in [-0.2, -0.15) is 4.98 Å². The van der Waals surface area contributed by atoms with Crippen molar-refractivity contribution < 1.29 is 18.8 Å². The molecule has 8 nitrogen and oxygen atoms in total. The summed E-state index contributed by atoms with van der Waals surface area (Å²) >= 11 is 0. The van der Waals surface area contributed by atoms with Gasteiger partial charge in [0, 0.05) is 37.5 Å². The zero-order chi connectivity index (χ0) is 22.9. The number of unbranched alkanes of at least 4 members (excludes halogenated alkanes) is 1. The highest BCUT2D eigenvalue weighted by atomic mass is 16.5. The van der Waals surface area contributed by atoms with Crippen molar-refractivity contribution in [1.29, 1.82) is 0 Å². The maximum absolute atomic E-state index is 12.8. The molecule has 2 unspecified atom stereocenters. The maximum atomic E-state index is 12.8. The van der Waals surface area contributed by atoms with E-state index in [2.05, 4.69) is 29.3 Å². The van der Waals surface area contributed by atoms with Crippen LogP contribution in [0.5, 0.6) is 5.75 Å². The highest BCUT2D eigenvalue weighted by Crippen LogP contribution is 2.24. The predicted molar refractivity (Wildman–Crippen MR) is 121 cm³/mol. The average Bonchev–Trinajstić information content (AvgIpc) is 3.28. The zero-order valence-corrected chi connectivity index (χ0v) is 19.3. The Kier molecular flexibility index (Phi) is 8.64.